The number of carboxylic acid groups (broad SMARTS) is 1. The van der Waals surface area contributed by atoms with Crippen molar-refractivity contribution in [3.05, 3.63) is 23.8 Å². The third-order valence-electron chi connectivity index (χ3n) is 3.59. The molecule has 0 aliphatic carbocycles. The molecule has 1 aromatic carbocycles. The van der Waals surface area contributed by atoms with Crippen molar-refractivity contribution in [2.45, 2.75) is 26.7 Å². The van der Waals surface area contributed by atoms with Gasteiger partial charge in [0, 0.05) is 24.3 Å². The third kappa shape index (κ3) is 3.21. The number of anilines is 2. The van der Waals surface area contributed by atoms with Gasteiger partial charge in [-0.2, -0.15) is 0 Å². The van der Waals surface area contributed by atoms with E-state index in [1.165, 1.54) is 6.92 Å². The molecule has 0 bridgehead atoms. The van der Waals surface area contributed by atoms with Gasteiger partial charge < -0.3 is 15.3 Å². The van der Waals surface area contributed by atoms with E-state index in [0.29, 0.717) is 18.7 Å². The Morgan fingerprint density at radius 1 is 1.38 bits per heavy atom. The number of carboxylic acids is 1. The Kier molecular flexibility index (Phi) is 4.26. The van der Waals surface area contributed by atoms with E-state index in [2.05, 4.69) is 5.32 Å². The molecule has 1 fully saturated rings. The van der Waals surface area contributed by atoms with Gasteiger partial charge in [0.15, 0.2) is 0 Å². The number of amides is 2. The number of carbonyl (C=O) groups excluding carboxylic acids is 2. The topological polar surface area (TPSA) is 86.7 Å². The summed E-state index contributed by atoms with van der Waals surface area (Å²) in [5.74, 6) is -2.73. The van der Waals surface area contributed by atoms with Crippen molar-refractivity contribution >= 4 is 29.2 Å². The molecule has 1 unspecified atom stereocenters. The van der Waals surface area contributed by atoms with Crippen LogP contribution in [-0.4, -0.2) is 29.4 Å². The molecule has 1 saturated heterocycles. The molecule has 21 heavy (non-hydrogen) atoms. The van der Waals surface area contributed by atoms with Gasteiger partial charge in [-0.1, -0.05) is 0 Å². The van der Waals surface area contributed by atoms with Crippen LogP contribution in [0, 0.1) is 12.8 Å². The first-order valence-corrected chi connectivity index (χ1v) is 6.85. The number of carbonyl (C=O) groups is 3. The lowest BCUT2D eigenvalue weighted by molar-refractivity contribution is -0.144. The lowest BCUT2D eigenvalue weighted by atomic mass is 10.1. The van der Waals surface area contributed by atoms with Crippen LogP contribution in [0.2, 0.25) is 0 Å². The van der Waals surface area contributed by atoms with Gasteiger partial charge in [0.2, 0.25) is 11.8 Å². The van der Waals surface area contributed by atoms with E-state index in [1.807, 2.05) is 6.92 Å². The fourth-order valence-electron chi connectivity index (χ4n) is 2.30. The zero-order valence-electron chi connectivity index (χ0n) is 12.0. The van der Waals surface area contributed by atoms with E-state index in [0.717, 1.165) is 17.7 Å². The predicted octanol–water partition coefficient (Wildman–Crippen LogP) is 1.78. The zero-order valence-corrected chi connectivity index (χ0v) is 12.0. The highest BCUT2D eigenvalue weighted by atomic mass is 16.4. The molecule has 1 heterocycles. The van der Waals surface area contributed by atoms with Gasteiger partial charge in [0.1, 0.15) is 5.92 Å². The summed E-state index contributed by atoms with van der Waals surface area (Å²) in [6.07, 6.45) is 1.42. The number of benzene rings is 1. The summed E-state index contributed by atoms with van der Waals surface area (Å²) >= 11 is 0. The number of hydrogen-bond acceptors (Lipinski definition) is 3. The fourth-order valence-corrected chi connectivity index (χ4v) is 2.30. The smallest absolute Gasteiger partial charge is 0.315 e. The van der Waals surface area contributed by atoms with Gasteiger partial charge >= 0.3 is 5.97 Å². The average Bonchev–Trinajstić information content (AvgIpc) is 2.84. The van der Waals surface area contributed by atoms with Crippen molar-refractivity contribution < 1.29 is 19.5 Å². The molecule has 6 nitrogen and oxygen atoms in total. The Morgan fingerprint density at radius 3 is 2.62 bits per heavy atom. The first kappa shape index (κ1) is 15.0. The van der Waals surface area contributed by atoms with Crippen molar-refractivity contribution in [1.82, 2.24) is 0 Å². The van der Waals surface area contributed by atoms with Crippen molar-refractivity contribution in [3.63, 3.8) is 0 Å². The minimum Gasteiger partial charge on any atom is -0.481 e. The number of nitrogens with zero attached hydrogens (tertiary/aromatic N) is 1. The van der Waals surface area contributed by atoms with Crippen LogP contribution < -0.4 is 10.2 Å². The van der Waals surface area contributed by atoms with Gasteiger partial charge in [-0.05, 0) is 44.0 Å². The van der Waals surface area contributed by atoms with Crippen LogP contribution >= 0.6 is 0 Å². The van der Waals surface area contributed by atoms with Crippen LogP contribution in [-0.2, 0) is 14.4 Å². The Bertz CT molecular complexity index is 597. The maximum Gasteiger partial charge on any atom is 0.315 e. The highest BCUT2D eigenvalue weighted by molar-refractivity contribution is 6.04. The van der Waals surface area contributed by atoms with Gasteiger partial charge in [-0.3, -0.25) is 14.4 Å². The van der Waals surface area contributed by atoms with Crippen molar-refractivity contribution in [3.8, 4) is 0 Å². The summed E-state index contributed by atoms with van der Waals surface area (Å²) in [5.41, 5.74) is 2.23. The first-order chi connectivity index (χ1) is 9.90. The molecule has 6 heteroatoms. The second-order valence-electron chi connectivity index (χ2n) is 5.20. The number of aliphatic carboxylic acids is 1. The maximum absolute atomic E-state index is 11.7. The van der Waals surface area contributed by atoms with Gasteiger partial charge in [0.05, 0.1) is 0 Å². The molecular weight excluding hydrogens is 272 g/mol. The highest BCUT2D eigenvalue weighted by Gasteiger charge is 2.24. The van der Waals surface area contributed by atoms with Crippen LogP contribution in [0.25, 0.3) is 0 Å². The maximum atomic E-state index is 11.7. The van der Waals surface area contributed by atoms with Gasteiger partial charge in [0.25, 0.3) is 0 Å². The fraction of sp³-hybridized carbons (Fsp3) is 0.400. The van der Waals surface area contributed by atoms with Crippen LogP contribution in [0.15, 0.2) is 18.2 Å². The summed E-state index contributed by atoms with van der Waals surface area (Å²) in [4.78, 5) is 35.9. The van der Waals surface area contributed by atoms with Crippen molar-refractivity contribution in [2.75, 3.05) is 16.8 Å². The Balaban J connectivity index is 2.14. The van der Waals surface area contributed by atoms with Gasteiger partial charge in [-0.15, -0.1) is 0 Å². The molecule has 0 spiro atoms. The molecule has 1 aliphatic rings. The van der Waals surface area contributed by atoms with Crippen LogP contribution in [0.3, 0.4) is 0 Å². The van der Waals surface area contributed by atoms with Crippen LogP contribution in [0.5, 0.6) is 0 Å². The Labute approximate surface area is 122 Å². The molecule has 2 N–H and O–H groups in total. The molecule has 0 radical (unpaired) electrons. The minimum absolute atomic E-state index is 0.106. The van der Waals surface area contributed by atoms with Crippen molar-refractivity contribution in [1.29, 1.82) is 0 Å². The second kappa shape index (κ2) is 5.95. The number of hydrogen-bond donors (Lipinski definition) is 2. The summed E-state index contributed by atoms with van der Waals surface area (Å²) < 4.78 is 0. The molecule has 1 atom stereocenters. The summed E-state index contributed by atoms with van der Waals surface area (Å²) in [7, 11) is 0. The van der Waals surface area contributed by atoms with Gasteiger partial charge in [-0.25, -0.2) is 0 Å². The molecular formula is C15H18N2O4. The summed E-state index contributed by atoms with van der Waals surface area (Å²) in [6.45, 7) is 3.90. The number of rotatable bonds is 4. The van der Waals surface area contributed by atoms with E-state index in [9.17, 15) is 14.4 Å². The van der Waals surface area contributed by atoms with Crippen LogP contribution in [0.4, 0.5) is 11.4 Å². The van der Waals surface area contributed by atoms with E-state index < -0.39 is 17.8 Å². The standard InChI is InChI=1S/C15H18N2O4/c1-9-8-11(16-14(19)10(2)15(20)21)5-6-12(9)17-7-3-4-13(17)18/h5-6,8,10H,3-4,7H2,1-2H3,(H,16,19)(H,20,21). The summed E-state index contributed by atoms with van der Waals surface area (Å²) in [5, 5.41) is 11.4. The monoisotopic (exact) mass is 290 g/mol. The Morgan fingerprint density at radius 2 is 2.10 bits per heavy atom. The lowest BCUT2D eigenvalue weighted by Crippen LogP contribution is -2.27. The molecule has 112 valence electrons. The zero-order chi connectivity index (χ0) is 15.6. The first-order valence-electron chi connectivity index (χ1n) is 6.85. The molecule has 2 rings (SSSR count). The third-order valence-corrected chi connectivity index (χ3v) is 3.59. The quantitative estimate of drug-likeness (QED) is 0.828. The average molecular weight is 290 g/mol. The largest absolute Gasteiger partial charge is 0.481 e. The molecule has 1 aromatic rings. The highest BCUT2D eigenvalue weighted by Crippen LogP contribution is 2.27. The van der Waals surface area contributed by atoms with Crippen LogP contribution in [0.1, 0.15) is 25.3 Å². The number of nitrogens with one attached hydrogen (secondary N) is 1. The molecule has 0 aromatic heterocycles. The SMILES string of the molecule is Cc1cc(NC(=O)C(C)C(=O)O)ccc1N1CCCC1=O. The van der Waals surface area contributed by atoms with Crippen molar-refractivity contribution in [2.24, 2.45) is 5.92 Å². The van der Waals surface area contributed by atoms with E-state index in [4.69, 9.17) is 5.11 Å². The normalized spacial score (nSPS) is 15.9. The Hall–Kier alpha value is -2.37. The lowest BCUT2D eigenvalue weighted by Gasteiger charge is -2.19. The summed E-state index contributed by atoms with van der Waals surface area (Å²) in [6, 6.07) is 5.20. The predicted molar refractivity (Wildman–Crippen MR) is 78.2 cm³/mol. The molecule has 1 aliphatic heterocycles. The minimum atomic E-state index is -1.16. The van der Waals surface area contributed by atoms with E-state index in [-0.39, 0.29) is 5.91 Å². The van der Waals surface area contributed by atoms with E-state index in [1.54, 1.807) is 23.1 Å². The molecule has 0 saturated carbocycles. The molecule has 2 amide bonds. The second-order valence-corrected chi connectivity index (χ2v) is 5.20. The van der Waals surface area contributed by atoms with E-state index >= 15 is 0 Å². The number of aryl methyl sites for hydroxylation is 1.